The first-order valence-corrected chi connectivity index (χ1v) is 10.4. The van der Waals surface area contributed by atoms with E-state index in [9.17, 15) is 26.7 Å². The van der Waals surface area contributed by atoms with Crippen LogP contribution in [0.4, 0.5) is 27.8 Å². The number of nitrogens with one attached hydrogen (secondary N) is 1. The van der Waals surface area contributed by atoms with E-state index >= 15 is 0 Å². The van der Waals surface area contributed by atoms with E-state index in [1.54, 1.807) is 48.5 Å². The fraction of sp³-hybridized carbons (Fsp3) is 0.0833. The van der Waals surface area contributed by atoms with Crippen LogP contribution in [-0.2, 0) is 13.2 Å². The zero-order chi connectivity index (χ0) is 25.1. The van der Waals surface area contributed by atoms with Gasteiger partial charge in [0.05, 0.1) is 12.1 Å². The molecule has 11 heteroatoms. The molecule has 0 fully saturated rings. The Morgan fingerprint density at radius 3 is 2.31 bits per heavy atom. The first-order chi connectivity index (χ1) is 16.7. The number of anilines is 1. The van der Waals surface area contributed by atoms with E-state index < -0.39 is 47.1 Å². The molecule has 1 amide bonds. The van der Waals surface area contributed by atoms with Crippen molar-refractivity contribution in [1.29, 1.82) is 0 Å². The Kier molecular flexibility index (Phi) is 7.02. The molecule has 0 saturated heterocycles. The minimum Gasteiger partial charge on any atom is -0.489 e. The summed E-state index contributed by atoms with van der Waals surface area (Å²) >= 11 is 5.93. The van der Waals surface area contributed by atoms with Crippen molar-refractivity contribution in [3.8, 4) is 5.75 Å². The number of rotatable bonds is 7. The normalized spacial score (nSPS) is 10.9. The van der Waals surface area contributed by atoms with Gasteiger partial charge in [0, 0.05) is 22.8 Å². The molecule has 180 valence electrons. The second-order valence-corrected chi connectivity index (χ2v) is 7.78. The number of benzene rings is 3. The predicted molar refractivity (Wildman–Crippen MR) is 118 cm³/mol. The fourth-order valence-electron chi connectivity index (χ4n) is 3.18. The van der Waals surface area contributed by atoms with Crippen LogP contribution in [0.15, 0.2) is 60.8 Å². The molecule has 0 saturated carbocycles. The van der Waals surface area contributed by atoms with E-state index in [4.69, 9.17) is 16.3 Å². The van der Waals surface area contributed by atoms with Gasteiger partial charge < -0.3 is 10.1 Å². The molecule has 0 spiro atoms. The van der Waals surface area contributed by atoms with Crippen molar-refractivity contribution in [3.63, 3.8) is 0 Å². The molecule has 0 radical (unpaired) electrons. The number of halogens is 6. The Morgan fingerprint density at radius 2 is 1.60 bits per heavy atom. The molecule has 0 aliphatic rings. The summed E-state index contributed by atoms with van der Waals surface area (Å²) in [6, 6.07) is 14.8. The third-order valence-electron chi connectivity index (χ3n) is 4.89. The Morgan fingerprint density at radius 1 is 0.914 bits per heavy atom. The van der Waals surface area contributed by atoms with Gasteiger partial charge >= 0.3 is 0 Å². The summed E-state index contributed by atoms with van der Waals surface area (Å²) in [6.45, 7) is -0.560. The second kappa shape index (κ2) is 10.1. The second-order valence-electron chi connectivity index (χ2n) is 7.35. The molecule has 0 unspecified atom stereocenters. The third-order valence-corrected chi connectivity index (χ3v) is 5.13. The Hall–Kier alpha value is -3.92. The molecule has 5 nitrogen and oxygen atoms in total. The monoisotopic (exact) mass is 507 g/mol. The molecule has 1 N–H and O–H groups in total. The van der Waals surface area contributed by atoms with Crippen molar-refractivity contribution < 1.29 is 31.5 Å². The number of nitrogens with zero attached hydrogens (tertiary/aromatic N) is 2. The average Bonchev–Trinajstić information content (AvgIpc) is 3.30. The van der Waals surface area contributed by atoms with E-state index in [2.05, 4.69) is 10.4 Å². The third kappa shape index (κ3) is 5.43. The van der Waals surface area contributed by atoms with Gasteiger partial charge in [-0.15, -0.1) is 0 Å². The van der Waals surface area contributed by atoms with Crippen LogP contribution < -0.4 is 10.1 Å². The van der Waals surface area contributed by atoms with Gasteiger partial charge in [-0.25, -0.2) is 22.0 Å². The number of amides is 1. The molecule has 4 rings (SSSR count). The molecule has 3 aromatic carbocycles. The number of carbonyl (C=O) groups excluding carboxylic acids is 1. The first kappa shape index (κ1) is 24.2. The standard InChI is InChI=1S/C24H15ClF5N3O2/c25-15-5-2-6-16(10-15)35-12-13-3-1-4-14(9-13)24(34)31-18-7-8-33(32-18)11-17-19(26)21(28)23(30)22(29)20(17)27/h1-10H,11-12H2,(H,31,32,34). The highest BCUT2D eigenvalue weighted by atomic mass is 35.5. The fourth-order valence-corrected chi connectivity index (χ4v) is 3.36. The van der Waals surface area contributed by atoms with Gasteiger partial charge in [0.1, 0.15) is 12.4 Å². The predicted octanol–water partition coefficient (Wildman–Crippen LogP) is 6.11. The van der Waals surface area contributed by atoms with Crippen molar-refractivity contribution in [2.45, 2.75) is 13.2 Å². The molecule has 1 aromatic heterocycles. The van der Waals surface area contributed by atoms with Crippen LogP contribution in [0, 0.1) is 29.1 Å². The SMILES string of the molecule is O=C(Nc1ccn(Cc2c(F)c(F)c(F)c(F)c2F)n1)c1cccc(COc2cccc(Cl)c2)c1. The largest absolute Gasteiger partial charge is 0.489 e. The summed E-state index contributed by atoms with van der Waals surface area (Å²) in [6.07, 6.45) is 1.23. The van der Waals surface area contributed by atoms with Crippen molar-refractivity contribution >= 4 is 23.3 Å². The van der Waals surface area contributed by atoms with Crippen LogP contribution >= 0.6 is 11.6 Å². The minimum absolute atomic E-state index is 0.0134. The summed E-state index contributed by atoms with van der Waals surface area (Å²) in [5, 5.41) is 6.95. The molecule has 0 bridgehead atoms. The van der Waals surface area contributed by atoms with Gasteiger partial charge in [-0.3, -0.25) is 9.48 Å². The van der Waals surface area contributed by atoms with Gasteiger partial charge in [0.15, 0.2) is 29.1 Å². The van der Waals surface area contributed by atoms with Crippen molar-refractivity contribution in [2.75, 3.05) is 5.32 Å². The van der Waals surface area contributed by atoms with Crippen LogP contribution in [0.5, 0.6) is 5.75 Å². The van der Waals surface area contributed by atoms with Gasteiger partial charge in [-0.1, -0.05) is 29.8 Å². The Balaban J connectivity index is 1.43. The molecule has 1 heterocycles. The van der Waals surface area contributed by atoms with Crippen LogP contribution in [0.2, 0.25) is 5.02 Å². The number of aromatic nitrogens is 2. The molecular weight excluding hydrogens is 493 g/mol. The van der Waals surface area contributed by atoms with Crippen molar-refractivity contribution in [1.82, 2.24) is 9.78 Å². The number of carbonyl (C=O) groups is 1. The Bertz CT molecular complexity index is 1380. The van der Waals surface area contributed by atoms with Crippen LogP contribution in [0.1, 0.15) is 21.5 Å². The maximum atomic E-state index is 13.9. The van der Waals surface area contributed by atoms with Crippen molar-refractivity contribution in [2.24, 2.45) is 0 Å². The lowest BCUT2D eigenvalue weighted by Crippen LogP contribution is -2.14. The van der Waals surface area contributed by atoms with E-state index in [0.29, 0.717) is 16.3 Å². The van der Waals surface area contributed by atoms with E-state index in [-0.39, 0.29) is 18.0 Å². The maximum absolute atomic E-state index is 13.9. The zero-order valence-electron chi connectivity index (χ0n) is 17.7. The highest BCUT2D eigenvalue weighted by Crippen LogP contribution is 2.24. The van der Waals surface area contributed by atoms with Gasteiger partial charge in [-0.2, -0.15) is 5.10 Å². The molecule has 0 atom stereocenters. The van der Waals surface area contributed by atoms with Crippen molar-refractivity contribution in [3.05, 3.63) is 112 Å². The highest BCUT2D eigenvalue weighted by Gasteiger charge is 2.26. The Labute approximate surface area is 200 Å². The lowest BCUT2D eigenvalue weighted by atomic mass is 10.1. The smallest absolute Gasteiger partial charge is 0.256 e. The summed E-state index contributed by atoms with van der Waals surface area (Å²) in [5.41, 5.74) is -0.0595. The van der Waals surface area contributed by atoms with Gasteiger partial charge in [0.2, 0.25) is 5.82 Å². The number of hydrogen-bond acceptors (Lipinski definition) is 3. The molecule has 0 aliphatic carbocycles. The summed E-state index contributed by atoms with van der Waals surface area (Å²) < 4.78 is 74.4. The van der Waals surface area contributed by atoms with Crippen LogP contribution in [0.3, 0.4) is 0 Å². The summed E-state index contributed by atoms with van der Waals surface area (Å²) in [7, 11) is 0. The minimum atomic E-state index is -2.24. The van der Waals surface area contributed by atoms with Crippen LogP contribution in [0.25, 0.3) is 0 Å². The summed E-state index contributed by atoms with van der Waals surface area (Å²) in [5.74, 6) is -10.2. The highest BCUT2D eigenvalue weighted by molar-refractivity contribution is 6.30. The number of hydrogen-bond donors (Lipinski definition) is 1. The lowest BCUT2D eigenvalue weighted by molar-refractivity contribution is 0.102. The topological polar surface area (TPSA) is 56.2 Å². The molecule has 0 aliphatic heterocycles. The van der Waals surface area contributed by atoms with E-state index in [1.807, 2.05) is 0 Å². The summed E-state index contributed by atoms with van der Waals surface area (Å²) in [4.78, 5) is 12.6. The molecule has 4 aromatic rings. The quantitative estimate of drug-likeness (QED) is 0.186. The van der Waals surface area contributed by atoms with Gasteiger partial charge in [-0.05, 0) is 35.9 Å². The zero-order valence-corrected chi connectivity index (χ0v) is 18.4. The maximum Gasteiger partial charge on any atom is 0.256 e. The molecule has 35 heavy (non-hydrogen) atoms. The average molecular weight is 508 g/mol. The van der Waals surface area contributed by atoms with Crippen LogP contribution in [-0.4, -0.2) is 15.7 Å². The number of ether oxygens (including phenoxy) is 1. The lowest BCUT2D eigenvalue weighted by Gasteiger charge is -2.09. The first-order valence-electron chi connectivity index (χ1n) is 10.1. The van der Waals surface area contributed by atoms with Gasteiger partial charge in [0.25, 0.3) is 5.91 Å². The molecular formula is C24H15ClF5N3O2. The van der Waals surface area contributed by atoms with E-state index in [0.717, 1.165) is 4.68 Å². The van der Waals surface area contributed by atoms with E-state index in [1.165, 1.54) is 12.3 Å².